The summed E-state index contributed by atoms with van der Waals surface area (Å²) in [5, 5.41) is 4.24. The molecule has 1 fully saturated rings. The smallest absolute Gasteiger partial charge is 0.378 e. The Morgan fingerprint density at radius 1 is 1.21 bits per heavy atom. The summed E-state index contributed by atoms with van der Waals surface area (Å²) in [7, 11) is 0. The SMILES string of the molecule is CC(C)NC(=O)ON1CCc2c(-c3cnc(N)nc3)nc(N3CCOCC3)nc21. The van der Waals surface area contributed by atoms with Gasteiger partial charge in [-0.3, -0.25) is 0 Å². The molecule has 0 aliphatic carbocycles. The molecule has 2 aromatic rings. The number of nitrogens with zero attached hydrogens (tertiary/aromatic N) is 6. The standard InChI is InChI=1S/C18H24N8O3/c1-11(2)22-18(27)29-26-4-3-13-14(12-9-20-16(19)21-10-12)23-17(24-15(13)26)25-5-7-28-8-6-25/h9-11H,3-8H2,1-2H3,(H,22,27)(H2,19,20,21). The number of amides is 1. The van der Waals surface area contributed by atoms with E-state index in [1.54, 1.807) is 12.4 Å². The van der Waals surface area contributed by atoms with Gasteiger partial charge in [0, 0.05) is 42.7 Å². The van der Waals surface area contributed by atoms with Crippen molar-refractivity contribution in [3.63, 3.8) is 0 Å². The zero-order valence-electron chi connectivity index (χ0n) is 16.5. The molecule has 2 aliphatic heterocycles. The molecule has 1 saturated heterocycles. The van der Waals surface area contributed by atoms with Gasteiger partial charge in [-0.1, -0.05) is 0 Å². The van der Waals surface area contributed by atoms with Gasteiger partial charge in [-0.2, -0.15) is 10.0 Å². The number of ether oxygens (including phenoxy) is 1. The minimum atomic E-state index is -0.517. The Morgan fingerprint density at radius 2 is 1.93 bits per heavy atom. The first-order valence-electron chi connectivity index (χ1n) is 9.59. The van der Waals surface area contributed by atoms with Gasteiger partial charge in [-0.25, -0.2) is 19.7 Å². The molecule has 0 saturated carbocycles. The predicted octanol–water partition coefficient (Wildman–Crippen LogP) is 0.764. The number of carbonyl (C=O) groups excluding carboxylic acids is 1. The number of hydroxylamine groups is 1. The van der Waals surface area contributed by atoms with Gasteiger partial charge in [0.15, 0.2) is 5.82 Å². The van der Waals surface area contributed by atoms with E-state index < -0.39 is 6.09 Å². The molecule has 11 heteroatoms. The van der Waals surface area contributed by atoms with Crippen LogP contribution >= 0.6 is 0 Å². The summed E-state index contributed by atoms with van der Waals surface area (Å²) < 4.78 is 5.43. The molecule has 2 aromatic heterocycles. The minimum absolute atomic E-state index is 0.0265. The summed E-state index contributed by atoms with van der Waals surface area (Å²) in [6, 6.07) is -0.0265. The molecule has 154 valence electrons. The van der Waals surface area contributed by atoms with Gasteiger partial charge in [-0.05, 0) is 20.3 Å². The summed E-state index contributed by atoms with van der Waals surface area (Å²) in [4.78, 5) is 37.3. The third-order valence-corrected chi connectivity index (χ3v) is 4.61. The van der Waals surface area contributed by atoms with Crippen LogP contribution in [-0.4, -0.2) is 64.9 Å². The van der Waals surface area contributed by atoms with Crippen molar-refractivity contribution in [2.75, 3.05) is 48.5 Å². The van der Waals surface area contributed by atoms with Crippen molar-refractivity contribution < 1.29 is 14.4 Å². The van der Waals surface area contributed by atoms with Crippen LogP contribution in [0.4, 0.5) is 22.5 Å². The number of nitrogen functional groups attached to an aromatic ring is 1. The monoisotopic (exact) mass is 400 g/mol. The molecule has 1 amide bonds. The van der Waals surface area contributed by atoms with E-state index in [0.717, 1.165) is 11.1 Å². The van der Waals surface area contributed by atoms with E-state index in [2.05, 4.69) is 20.2 Å². The summed E-state index contributed by atoms with van der Waals surface area (Å²) in [6.45, 7) is 6.82. The van der Waals surface area contributed by atoms with Gasteiger partial charge < -0.3 is 25.5 Å². The highest BCUT2D eigenvalue weighted by Crippen LogP contribution is 2.35. The van der Waals surface area contributed by atoms with Crippen LogP contribution in [-0.2, 0) is 16.0 Å². The lowest BCUT2D eigenvalue weighted by Crippen LogP contribution is -2.38. The number of fused-ring (bicyclic) bond motifs is 1. The molecule has 0 aromatic carbocycles. The zero-order chi connectivity index (χ0) is 20.4. The Bertz CT molecular complexity index is 883. The van der Waals surface area contributed by atoms with Gasteiger partial charge in [0.05, 0.1) is 25.5 Å². The largest absolute Gasteiger partial charge is 0.431 e. The van der Waals surface area contributed by atoms with Crippen molar-refractivity contribution in [2.45, 2.75) is 26.3 Å². The van der Waals surface area contributed by atoms with E-state index in [9.17, 15) is 4.79 Å². The van der Waals surface area contributed by atoms with E-state index >= 15 is 0 Å². The molecule has 4 rings (SSSR count). The maximum absolute atomic E-state index is 12.1. The maximum atomic E-state index is 12.1. The van der Waals surface area contributed by atoms with Crippen molar-refractivity contribution in [3.8, 4) is 11.3 Å². The summed E-state index contributed by atoms with van der Waals surface area (Å²) in [5.74, 6) is 1.33. The number of hydrogen-bond donors (Lipinski definition) is 2. The highest BCUT2D eigenvalue weighted by atomic mass is 16.7. The molecule has 2 aliphatic rings. The maximum Gasteiger partial charge on any atom is 0.431 e. The lowest BCUT2D eigenvalue weighted by atomic mass is 10.1. The van der Waals surface area contributed by atoms with Crippen molar-refractivity contribution in [1.82, 2.24) is 25.3 Å². The molecule has 29 heavy (non-hydrogen) atoms. The Labute approximate surface area is 168 Å². The average Bonchev–Trinajstić information content (AvgIpc) is 3.10. The molecule has 0 atom stereocenters. The number of anilines is 3. The van der Waals surface area contributed by atoms with E-state index in [-0.39, 0.29) is 12.0 Å². The predicted molar refractivity (Wildman–Crippen MR) is 106 cm³/mol. The van der Waals surface area contributed by atoms with Crippen LogP contribution in [0.5, 0.6) is 0 Å². The van der Waals surface area contributed by atoms with E-state index in [1.807, 2.05) is 13.8 Å². The van der Waals surface area contributed by atoms with Gasteiger partial charge in [-0.15, -0.1) is 0 Å². The van der Waals surface area contributed by atoms with Crippen molar-refractivity contribution in [2.24, 2.45) is 0 Å². The average molecular weight is 400 g/mol. The van der Waals surface area contributed by atoms with Crippen molar-refractivity contribution in [1.29, 1.82) is 0 Å². The van der Waals surface area contributed by atoms with Crippen LogP contribution in [0.15, 0.2) is 12.4 Å². The quantitative estimate of drug-likeness (QED) is 0.758. The van der Waals surface area contributed by atoms with Gasteiger partial charge in [0.1, 0.15) is 0 Å². The van der Waals surface area contributed by atoms with Gasteiger partial charge in [0.25, 0.3) is 0 Å². The first-order valence-corrected chi connectivity index (χ1v) is 9.59. The fraction of sp³-hybridized carbons (Fsp3) is 0.500. The molecule has 11 nitrogen and oxygen atoms in total. The summed E-state index contributed by atoms with van der Waals surface area (Å²) in [6.07, 6.45) is 3.40. The highest BCUT2D eigenvalue weighted by Gasteiger charge is 2.31. The number of carbonyl (C=O) groups is 1. The third kappa shape index (κ3) is 4.14. The molecule has 0 bridgehead atoms. The normalized spacial score (nSPS) is 16.1. The van der Waals surface area contributed by atoms with Crippen LogP contribution in [0.2, 0.25) is 0 Å². The minimum Gasteiger partial charge on any atom is -0.378 e. The Balaban J connectivity index is 1.72. The van der Waals surface area contributed by atoms with Crippen LogP contribution in [0.3, 0.4) is 0 Å². The molecule has 3 N–H and O–H groups in total. The lowest BCUT2D eigenvalue weighted by molar-refractivity contribution is 0.122. The number of aromatic nitrogens is 4. The second kappa shape index (κ2) is 8.03. The van der Waals surface area contributed by atoms with E-state index in [1.165, 1.54) is 5.06 Å². The fourth-order valence-electron chi connectivity index (χ4n) is 3.27. The molecular formula is C18H24N8O3. The molecule has 4 heterocycles. The fourth-order valence-corrected chi connectivity index (χ4v) is 3.27. The number of nitrogens with one attached hydrogen (secondary N) is 1. The molecule has 0 unspecified atom stereocenters. The second-order valence-electron chi connectivity index (χ2n) is 7.13. The second-order valence-corrected chi connectivity index (χ2v) is 7.13. The van der Waals surface area contributed by atoms with Crippen molar-refractivity contribution in [3.05, 3.63) is 18.0 Å². The molecule has 0 spiro atoms. The molecule has 0 radical (unpaired) electrons. The number of rotatable bonds is 4. The highest BCUT2D eigenvalue weighted by molar-refractivity contribution is 5.74. The van der Waals surface area contributed by atoms with Gasteiger partial charge >= 0.3 is 6.09 Å². The Kier molecular flexibility index (Phi) is 5.30. The Morgan fingerprint density at radius 3 is 2.62 bits per heavy atom. The van der Waals surface area contributed by atoms with E-state index in [0.29, 0.717) is 56.7 Å². The van der Waals surface area contributed by atoms with Crippen LogP contribution in [0.1, 0.15) is 19.4 Å². The van der Waals surface area contributed by atoms with Crippen LogP contribution in [0, 0.1) is 0 Å². The number of nitrogens with two attached hydrogens (primary N) is 1. The van der Waals surface area contributed by atoms with Crippen LogP contribution < -0.4 is 21.0 Å². The van der Waals surface area contributed by atoms with Crippen LogP contribution in [0.25, 0.3) is 11.3 Å². The summed E-state index contributed by atoms with van der Waals surface area (Å²) in [5.41, 5.74) is 7.96. The topological polar surface area (TPSA) is 132 Å². The number of hydrogen-bond acceptors (Lipinski definition) is 10. The summed E-state index contributed by atoms with van der Waals surface area (Å²) >= 11 is 0. The Hall–Kier alpha value is -3.21. The number of morpholine rings is 1. The third-order valence-electron chi connectivity index (χ3n) is 4.61. The zero-order valence-corrected chi connectivity index (χ0v) is 16.5. The molecular weight excluding hydrogens is 376 g/mol. The van der Waals surface area contributed by atoms with Crippen molar-refractivity contribution >= 4 is 23.8 Å². The lowest BCUT2D eigenvalue weighted by Gasteiger charge is -2.28. The van der Waals surface area contributed by atoms with Gasteiger partial charge in [0.2, 0.25) is 11.9 Å². The first-order chi connectivity index (χ1) is 14.0. The van der Waals surface area contributed by atoms with E-state index in [4.69, 9.17) is 25.3 Å². The first kappa shape index (κ1) is 19.1.